The lowest BCUT2D eigenvalue weighted by atomic mass is 10.3. The average molecular weight is 314 g/mol. The Hall–Kier alpha value is -0.220. The van der Waals surface area contributed by atoms with Crippen molar-refractivity contribution in [1.29, 1.82) is 0 Å². The van der Waals surface area contributed by atoms with Crippen molar-refractivity contribution in [1.82, 2.24) is 0 Å². The molecule has 0 N–H and O–H groups in total. The van der Waals surface area contributed by atoms with E-state index in [1.165, 1.54) is 0 Å². The van der Waals surface area contributed by atoms with E-state index in [-0.39, 0.29) is 5.24 Å². The molecule has 0 bridgehead atoms. The minimum Gasteiger partial charge on any atom is -0.457 e. The molecule has 0 aliphatic carbocycles. The van der Waals surface area contributed by atoms with Crippen LogP contribution in [0.3, 0.4) is 0 Å². The van der Waals surface area contributed by atoms with Gasteiger partial charge in [0.05, 0.1) is 16.7 Å². The number of hydrogen-bond acceptors (Lipinski definition) is 3. The van der Waals surface area contributed by atoms with Crippen LogP contribution in [0.2, 0.25) is 10.0 Å². The number of ether oxygens (including phenoxy) is 2. The van der Waals surface area contributed by atoms with Gasteiger partial charge in [-0.2, -0.15) is 0 Å². The smallest absolute Gasteiger partial charge is 0.357 e. The van der Waals surface area contributed by atoms with Crippen molar-refractivity contribution in [3.63, 3.8) is 0 Å². The third kappa shape index (κ3) is 5.77. The second kappa shape index (κ2) is 7.98. The molecule has 1 rings (SSSR count). The average Bonchev–Trinajstić information content (AvgIpc) is 2.30. The SMILES string of the molecule is S=C(OCCCCCl)Oc1ccc(Cl)c(Cl)c1. The zero-order valence-corrected chi connectivity index (χ0v) is 12.0. The summed E-state index contributed by atoms with van der Waals surface area (Å²) in [6, 6.07) is 4.89. The highest BCUT2D eigenvalue weighted by atomic mass is 35.5. The fourth-order valence-electron chi connectivity index (χ4n) is 1.02. The number of alkyl halides is 1. The molecule has 0 unspecified atom stereocenters. The maximum Gasteiger partial charge on any atom is 0.357 e. The van der Waals surface area contributed by atoms with E-state index in [1.807, 2.05) is 0 Å². The zero-order valence-electron chi connectivity index (χ0n) is 8.92. The molecule has 0 aliphatic rings. The summed E-state index contributed by atoms with van der Waals surface area (Å²) in [4.78, 5) is 0. The summed E-state index contributed by atoms with van der Waals surface area (Å²) in [5, 5.41) is 0.944. The lowest BCUT2D eigenvalue weighted by molar-refractivity contribution is 0.243. The molecule has 0 saturated carbocycles. The van der Waals surface area contributed by atoms with E-state index in [0.717, 1.165) is 12.8 Å². The van der Waals surface area contributed by atoms with Crippen molar-refractivity contribution < 1.29 is 9.47 Å². The van der Waals surface area contributed by atoms with Crippen molar-refractivity contribution in [3.8, 4) is 5.75 Å². The molecule has 0 amide bonds. The van der Waals surface area contributed by atoms with Gasteiger partial charge in [0.15, 0.2) is 0 Å². The molecule has 94 valence electrons. The summed E-state index contributed by atoms with van der Waals surface area (Å²) in [5.74, 6) is 1.12. The molecule has 0 spiro atoms. The number of unbranched alkanes of at least 4 members (excludes halogenated alkanes) is 1. The second-order valence-electron chi connectivity index (χ2n) is 3.17. The van der Waals surface area contributed by atoms with E-state index < -0.39 is 0 Å². The van der Waals surface area contributed by atoms with Gasteiger partial charge in [-0.25, -0.2) is 0 Å². The Morgan fingerprint density at radius 3 is 2.59 bits per heavy atom. The van der Waals surface area contributed by atoms with Gasteiger partial charge in [-0.15, -0.1) is 11.6 Å². The fourth-order valence-corrected chi connectivity index (χ4v) is 1.67. The van der Waals surface area contributed by atoms with E-state index in [4.69, 9.17) is 56.5 Å². The van der Waals surface area contributed by atoms with Crippen LogP contribution in [0.4, 0.5) is 0 Å². The highest BCUT2D eigenvalue weighted by Gasteiger charge is 2.04. The molecule has 0 aromatic heterocycles. The van der Waals surface area contributed by atoms with E-state index in [1.54, 1.807) is 18.2 Å². The van der Waals surface area contributed by atoms with Crippen LogP contribution in [0.25, 0.3) is 0 Å². The molecule has 6 heteroatoms. The first kappa shape index (κ1) is 14.8. The maximum absolute atomic E-state index is 5.83. The molecule has 0 atom stereocenters. The molecule has 2 nitrogen and oxygen atoms in total. The first-order valence-corrected chi connectivity index (χ1v) is 6.69. The third-order valence-electron chi connectivity index (χ3n) is 1.84. The minimum absolute atomic E-state index is 0.0676. The summed E-state index contributed by atoms with van der Waals surface area (Å²) in [7, 11) is 0. The van der Waals surface area contributed by atoms with E-state index in [0.29, 0.717) is 28.3 Å². The predicted molar refractivity (Wildman–Crippen MR) is 75.6 cm³/mol. The van der Waals surface area contributed by atoms with Gasteiger partial charge in [0.1, 0.15) is 5.75 Å². The molecule has 0 radical (unpaired) electrons. The molecule has 1 aromatic rings. The van der Waals surface area contributed by atoms with Gasteiger partial charge in [0.2, 0.25) is 0 Å². The lowest BCUT2D eigenvalue weighted by Crippen LogP contribution is -2.11. The van der Waals surface area contributed by atoms with Crippen molar-refractivity contribution >= 4 is 52.3 Å². The van der Waals surface area contributed by atoms with Gasteiger partial charge in [-0.3, -0.25) is 0 Å². The van der Waals surface area contributed by atoms with Gasteiger partial charge in [-0.1, -0.05) is 23.2 Å². The molecule has 0 saturated heterocycles. The van der Waals surface area contributed by atoms with Gasteiger partial charge in [-0.05, 0) is 25.0 Å². The predicted octanol–water partition coefficient (Wildman–Crippen LogP) is 4.69. The molecule has 0 fully saturated rings. The van der Waals surface area contributed by atoms with Crippen molar-refractivity contribution in [2.24, 2.45) is 0 Å². The Kier molecular flexibility index (Phi) is 6.97. The van der Waals surface area contributed by atoms with Crippen LogP contribution in [0.5, 0.6) is 5.75 Å². The van der Waals surface area contributed by atoms with Crippen LogP contribution < -0.4 is 4.74 Å². The maximum atomic E-state index is 5.83. The minimum atomic E-state index is 0.0676. The van der Waals surface area contributed by atoms with Crippen LogP contribution >= 0.6 is 47.0 Å². The molecule has 17 heavy (non-hydrogen) atoms. The second-order valence-corrected chi connectivity index (χ2v) is 4.70. The number of halogens is 3. The molecular formula is C11H11Cl3O2S. The van der Waals surface area contributed by atoms with Crippen molar-refractivity contribution in [2.75, 3.05) is 12.5 Å². The number of thiocarbonyl (C=S) groups is 1. The lowest BCUT2D eigenvalue weighted by Gasteiger charge is -2.08. The summed E-state index contributed by atoms with van der Waals surface area (Å²) >= 11 is 22.0. The Morgan fingerprint density at radius 2 is 1.94 bits per heavy atom. The van der Waals surface area contributed by atoms with Crippen molar-refractivity contribution in [2.45, 2.75) is 12.8 Å². The number of benzene rings is 1. The summed E-state index contributed by atoms with van der Waals surface area (Å²) in [6.45, 7) is 0.493. The Balaban J connectivity index is 2.37. The normalized spacial score (nSPS) is 10.1. The zero-order chi connectivity index (χ0) is 12.7. The first-order valence-electron chi connectivity index (χ1n) is 4.99. The Morgan fingerprint density at radius 1 is 1.18 bits per heavy atom. The highest BCUT2D eigenvalue weighted by molar-refractivity contribution is 7.79. The standard InChI is InChI=1S/C11H11Cl3O2S/c12-5-1-2-6-15-11(17)16-8-3-4-9(13)10(14)7-8/h3-4,7H,1-2,5-6H2. The van der Waals surface area contributed by atoms with Crippen LogP contribution in [-0.4, -0.2) is 17.7 Å². The monoisotopic (exact) mass is 312 g/mol. The fraction of sp³-hybridized carbons (Fsp3) is 0.364. The molecule has 0 heterocycles. The van der Waals surface area contributed by atoms with Crippen LogP contribution in [0.1, 0.15) is 12.8 Å². The van der Waals surface area contributed by atoms with E-state index in [9.17, 15) is 0 Å². The van der Waals surface area contributed by atoms with Gasteiger partial charge >= 0.3 is 5.24 Å². The van der Waals surface area contributed by atoms with E-state index >= 15 is 0 Å². The number of hydrogen-bond donors (Lipinski definition) is 0. The third-order valence-corrected chi connectivity index (χ3v) is 3.05. The Bertz CT molecular complexity index is 385. The van der Waals surface area contributed by atoms with Crippen molar-refractivity contribution in [3.05, 3.63) is 28.2 Å². The van der Waals surface area contributed by atoms with Crippen LogP contribution in [0, 0.1) is 0 Å². The molecular weight excluding hydrogens is 303 g/mol. The van der Waals surface area contributed by atoms with E-state index in [2.05, 4.69) is 0 Å². The van der Waals surface area contributed by atoms with Gasteiger partial charge in [0, 0.05) is 24.2 Å². The number of rotatable bonds is 5. The Labute approximate surface area is 121 Å². The molecule has 1 aromatic carbocycles. The largest absolute Gasteiger partial charge is 0.457 e. The van der Waals surface area contributed by atoms with Crippen LogP contribution in [-0.2, 0) is 4.74 Å². The highest BCUT2D eigenvalue weighted by Crippen LogP contribution is 2.26. The van der Waals surface area contributed by atoms with Gasteiger partial charge < -0.3 is 9.47 Å². The summed E-state index contributed by atoms with van der Waals surface area (Å²) < 4.78 is 10.5. The quantitative estimate of drug-likeness (QED) is 0.446. The topological polar surface area (TPSA) is 18.5 Å². The van der Waals surface area contributed by atoms with Gasteiger partial charge in [0.25, 0.3) is 0 Å². The van der Waals surface area contributed by atoms with Crippen LogP contribution in [0.15, 0.2) is 18.2 Å². The summed E-state index contributed by atoms with van der Waals surface area (Å²) in [6.07, 6.45) is 1.73. The molecule has 0 aliphatic heterocycles. The first-order chi connectivity index (χ1) is 8.13. The summed E-state index contributed by atoms with van der Waals surface area (Å²) in [5.41, 5.74) is 0.